The van der Waals surface area contributed by atoms with Gasteiger partial charge in [0.25, 0.3) is 0 Å². The van der Waals surface area contributed by atoms with Crippen molar-refractivity contribution in [2.45, 2.75) is 6.54 Å². The van der Waals surface area contributed by atoms with Gasteiger partial charge >= 0.3 is 0 Å². The Balaban J connectivity index is 2.16. The summed E-state index contributed by atoms with van der Waals surface area (Å²) < 4.78 is 7.47. The fraction of sp³-hybridized carbons (Fsp3) is 0.214. The molecule has 4 heteroatoms. The van der Waals surface area contributed by atoms with E-state index >= 15 is 0 Å². The Morgan fingerprint density at radius 3 is 2.94 bits per heavy atom. The third kappa shape index (κ3) is 1.71. The summed E-state index contributed by atoms with van der Waals surface area (Å²) in [5.74, 6) is 1.65. The topological polar surface area (TPSA) is 43.0 Å². The molecule has 1 N–H and O–H groups in total. The van der Waals surface area contributed by atoms with Gasteiger partial charge in [0.2, 0.25) is 0 Å². The third-order valence-corrected chi connectivity index (χ3v) is 3.07. The van der Waals surface area contributed by atoms with Crippen LogP contribution in [0.5, 0.6) is 0 Å². The van der Waals surface area contributed by atoms with Crippen molar-refractivity contribution in [2.75, 3.05) is 7.05 Å². The minimum atomic E-state index is 0.795. The standard InChI is InChI=1S/C14H15N3O/c1-15-9-10-5-6-11-12(8-10)17(2)14(16-11)13-4-3-7-18-13/h3-8,15H,9H2,1-2H3. The van der Waals surface area contributed by atoms with Crippen LogP contribution in [0.4, 0.5) is 0 Å². The largest absolute Gasteiger partial charge is 0.461 e. The van der Waals surface area contributed by atoms with Gasteiger partial charge in [0, 0.05) is 13.6 Å². The molecule has 3 rings (SSSR count). The van der Waals surface area contributed by atoms with Gasteiger partial charge in [0.1, 0.15) is 0 Å². The van der Waals surface area contributed by atoms with E-state index in [2.05, 4.69) is 33.1 Å². The number of imidazole rings is 1. The number of benzene rings is 1. The molecule has 0 saturated heterocycles. The molecule has 0 atom stereocenters. The highest BCUT2D eigenvalue weighted by Crippen LogP contribution is 2.24. The van der Waals surface area contributed by atoms with Crippen molar-refractivity contribution in [3.63, 3.8) is 0 Å². The van der Waals surface area contributed by atoms with Crippen molar-refractivity contribution in [3.05, 3.63) is 42.2 Å². The lowest BCUT2D eigenvalue weighted by atomic mass is 10.2. The Morgan fingerprint density at radius 1 is 1.33 bits per heavy atom. The molecule has 18 heavy (non-hydrogen) atoms. The van der Waals surface area contributed by atoms with Crippen LogP contribution in [-0.4, -0.2) is 16.6 Å². The highest BCUT2D eigenvalue weighted by molar-refractivity contribution is 5.80. The third-order valence-electron chi connectivity index (χ3n) is 3.07. The molecule has 0 aliphatic rings. The average Bonchev–Trinajstić information content (AvgIpc) is 2.99. The Bertz CT molecular complexity index is 668. The second-order valence-corrected chi connectivity index (χ2v) is 4.33. The van der Waals surface area contributed by atoms with Gasteiger partial charge in [-0.05, 0) is 36.9 Å². The molecule has 0 bridgehead atoms. The van der Waals surface area contributed by atoms with Gasteiger partial charge in [-0.2, -0.15) is 0 Å². The predicted octanol–water partition coefficient (Wildman–Crippen LogP) is 2.55. The lowest BCUT2D eigenvalue weighted by Gasteiger charge is -2.02. The van der Waals surface area contributed by atoms with E-state index in [0.717, 1.165) is 29.2 Å². The van der Waals surface area contributed by atoms with Crippen LogP contribution < -0.4 is 5.32 Å². The zero-order valence-corrected chi connectivity index (χ0v) is 10.5. The van der Waals surface area contributed by atoms with E-state index in [0.29, 0.717) is 0 Å². The van der Waals surface area contributed by atoms with Crippen LogP contribution in [-0.2, 0) is 13.6 Å². The molecular weight excluding hydrogens is 226 g/mol. The van der Waals surface area contributed by atoms with Crippen molar-refractivity contribution >= 4 is 11.0 Å². The number of furan rings is 1. The summed E-state index contributed by atoms with van der Waals surface area (Å²) >= 11 is 0. The summed E-state index contributed by atoms with van der Waals surface area (Å²) in [5, 5.41) is 3.15. The van der Waals surface area contributed by atoms with Gasteiger partial charge in [-0.3, -0.25) is 0 Å². The number of aromatic nitrogens is 2. The first-order valence-electron chi connectivity index (χ1n) is 5.93. The van der Waals surface area contributed by atoms with Gasteiger partial charge in [-0.1, -0.05) is 6.07 Å². The van der Waals surface area contributed by atoms with E-state index in [4.69, 9.17) is 4.42 Å². The van der Waals surface area contributed by atoms with E-state index in [-0.39, 0.29) is 0 Å². The van der Waals surface area contributed by atoms with Crippen LogP contribution in [0.25, 0.3) is 22.6 Å². The first kappa shape index (κ1) is 11.0. The molecule has 0 aliphatic carbocycles. The minimum absolute atomic E-state index is 0.795. The van der Waals surface area contributed by atoms with Crippen molar-refractivity contribution < 1.29 is 4.42 Å². The van der Waals surface area contributed by atoms with E-state index in [1.54, 1.807) is 6.26 Å². The fourth-order valence-corrected chi connectivity index (χ4v) is 2.18. The van der Waals surface area contributed by atoms with Gasteiger partial charge < -0.3 is 14.3 Å². The monoisotopic (exact) mass is 241 g/mol. The maximum atomic E-state index is 5.41. The van der Waals surface area contributed by atoms with Gasteiger partial charge in [-0.15, -0.1) is 0 Å². The molecule has 0 radical (unpaired) electrons. The highest BCUT2D eigenvalue weighted by atomic mass is 16.3. The van der Waals surface area contributed by atoms with Crippen LogP contribution in [0.1, 0.15) is 5.56 Å². The van der Waals surface area contributed by atoms with Crippen LogP contribution >= 0.6 is 0 Å². The van der Waals surface area contributed by atoms with Crippen molar-refractivity contribution in [2.24, 2.45) is 7.05 Å². The van der Waals surface area contributed by atoms with Gasteiger partial charge in [-0.25, -0.2) is 4.98 Å². The molecule has 0 saturated carbocycles. The Hall–Kier alpha value is -2.07. The maximum absolute atomic E-state index is 5.41. The molecule has 1 aromatic carbocycles. The number of rotatable bonds is 3. The quantitative estimate of drug-likeness (QED) is 0.766. The summed E-state index contributed by atoms with van der Waals surface area (Å²) in [5.41, 5.74) is 3.36. The summed E-state index contributed by atoms with van der Waals surface area (Å²) in [7, 11) is 3.96. The number of fused-ring (bicyclic) bond motifs is 1. The Labute approximate surface area is 105 Å². The second-order valence-electron chi connectivity index (χ2n) is 4.33. The number of hydrogen-bond acceptors (Lipinski definition) is 3. The zero-order chi connectivity index (χ0) is 12.5. The van der Waals surface area contributed by atoms with Gasteiger partial charge in [0.05, 0.1) is 17.3 Å². The summed E-state index contributed by atoms with van der Waals surface area (Å²) in [6.45, 7) is 0.858. The molecule has 0 spiro atoms. The van der Waals surface area contributed by atoms with E-state index in [1.165, 1.54) is 5.56 Å². The number of aryl methyl sites for hydroxylation is 1. The lowest BCUT2D eigenvalue weighted by molar-refractivity contribution is 0.574. The molecule has 2 aromatic heterocycles. The van der Waals surface area contributed by atoms with E-state index in [1.807, 2.05) is 26.2 Å². The highest BCUT2D eigenvalue weighted by Gasteiger charge is 2.11. The first-order chi connectivity index (χ1) is 8.79. The van der Waals surface area contributed by atoms with Crippen LogP contribution in [0.3, 0.4) is 0 Å². The molecule has 0 aliphatic heterocycles. The SMILES string of the molecule is CNCc1ccc2nc(-c3ccco3)n(C)c2c1. The lowest BCUT2D eigenvalue weighted by Crippen LogP contribution is -2.04. The molecule has 0 fully saturated rings. The maximum Gasteiger partial charge on any atom is 0.176 e. The van der Waals surface area contributed by atoms with Crippen LogP contribution in [0.15, 0.2) is 41.0 Å². The van der Waals surface area contributed by atoms with Crippen molar-refractivity contribution in [1.29, 1.82) is 0 Å². The Kier molecular flexibility index (Phi) is 2.64. The molecule has 0 unspecified atom stereocenters. The summed E-state index contributed by atoms with van der Waals surface area (Å²) in [6.07, 6.45) is 1.67. The molecule has 3 aromatic rings. The molecule has 2 heterocycles. The smallest absolute Gasteiger partial charge is 0.176 e. The van der Waals surface area contributed by atoms with Crippen LogP contribution in [0.2, 0.25) is 0 Å². The van der Waals surface area contributed by atoms with Crippen molar-refractivity contribution in [1.82, 2.24) is 14.9 Å². The summed E-state index contributed by atoms with van der Waals surface area (Å²) in [4.78, 5) is 4.60. The molecule has 4 nitrogen and oxygen atoms in total. The second kappa shape index (κ2) is 4.31. The summed E-state index contributed by atoms with van der Waals surface area (Å²) in [6, 6.07) is 10.1. The van der Waals surface area contributed by atoms with Crippen molar-refractivity contribution in [3.8, 4) is 11.6 Å². The molecule has 0 amide bonds. The van der Waals surface area contributed by atoms with E-state index in [9.17, 15) is 0 Å². The number of nitrogens with zero attached hydrogens (tertiary/aromatic N) is 2. The van der Waals surface area contributed by atoms with Gasteiger partial charge in [0.15, 0.2) is 11.6 Å². The predicted molar refractivity (Wildman–Crippen MR) is 71.2 cm³/mol. The van der Waals surface area contributed by atoms with E-state index < -0.39 is 0 Å². The normalized spacial score (nSPS) is 11.2. The first-order valence-corrected chi connectivity index (χ1v) is 5.93. The number of hydrogen-bond donors (Lipinski definition) is 1. The number of nitrogens with one attached hydrogen (secondary N) is 1. The zero-order valence-electron chi connectivity index (χ0n) is 10.5. The fourth-order valence-electron chi connectivity index (χ4n) is 2.18. The minimum Gasteiger partial charge on any atom is -0.461 e. The Morgan fingerprint density at radius 2 is 2.22 bits per heavy atom. The molecular formula is C14H15N3O. The van der Waals surface area contributed by atoms with Crippen LogP contribution in [0, 0.1) is 0 Å². The molecule has 92 valence electrons. The average molecular weight is 241 g/mol.